The van der Waals surface area contributed by atoms with Gasteiger partial charge in [0.05, 0.1) is 0 Å². The first-order valence-electron chi connectivity index (χ1n) is 5.28. The van der Waals surface area contributed by atoms with Gasteiger partial charge in [-0.05, 0) is 12.1 Å². The molecule has 1 heterocycles. The summed E-state index contributed by atoms with van der Waals surface area (Å²) in [5, 5.41) is 1.73. The van der Waals surface area contributed by atoms with Crippen molar-refractivity contribution in [2.24, 2.45) is 0 Å². The molecule has 21 heavy (non-hydrogen) atoms. The van der Waals surface area contributed by atoms with E-state index >= 15 is 0 Å². The van der Waals surface area contributed by atoms with Crippen LogP contribution in [0.25, 0.3) is 0 Å². The predicted octanol–water partition coefficient (Wildman–Crippen LogP) is 3.17. The van der Waals surface area contributed by atoms with Crippen LogP contribution in [-0.4, -0.2) is 10.9 Å². The lowest BCUT2D eigenvalue weighted by atomic mass is 10.1. The number of hydrogen-bond donors (Lipinski definition) is 1. The molecule has 0 saturated carbocycles. The van der Waals surface area contributed by atoms with E-state index in [1.165, 1.54) is 0 Å². The summed E-state index contributed by atoms with van der Waals surface area (Å²) in [6, 6.07) is 3.11. The van der Waals surface area contributed by atoms with Crippen LogP contribution in [0.3, 0.4) is 0 Å². The zero-order valence-electron chi connectivity index (χ0n) is 9.86. The van der Waals surface area contributed by atoms with E-state index in [4.69, 9.17) is 0 Å². The van der Waals surface area contributed by atoms with Crippen molar-refractivity contribution in [1.82, 2.24) is 4.98 Å². The minimum atomic E-state index is -2.38. The zero-order valence-corrected chi connectivity index (χ0v) is 9.86. The van der Waals surface area contributed by atoms with E-state index in [1.807, 2.05) is 0 Å². The molecule has 0 spiro atoms. The second kappa shape index (κ2) is 5.43. The third kappa shape index (κ3) is 2.67. The number of nitrogens with one attached hydrogen (secondary N) is 1. The molecule has 0 unspecified atom stereocenters. The highest BCUT2D eigenvalue weighted by Gasteiger charge is 2.29. The Morgan fingerprint density at radius 1 is 0.857 bits per heavy atom. The maximum Gasteiger partial charge on any atom is 0.263 e. The molecule has 0 aliphatic rings. The van der Waals surface area contributed by atoms with Crippen molar-refractivity contribution in [2.45, 2.75) is 0 Å². The van der Waals surface area contributed by atoms with E-state index in [1.54, 1.807) is 5.32 Å². The summed E-state index contributed by atoms with van der Waals surface area (Å²) in [6.45, 7) is 0. The SMILES string of the molecule is O=C(Nc1cccc(F)n1)c1c(F)c(F)c(F)c(F)c1F. The summed E-state index contributed by atoms with van der Waals surface area (Å²) in [5.74, 6) is -14.6. The van der Waals surface area contributed by atoms with Gasteiger partial charge in [0.15, 0.2) is 23.3 Å². The lowest BCUT2D eigenvalue weighted by Crippen LogP contribution is -2.20. The fourth-order valence-corrected chi connectivity index (χ4v) is 1.46. The van der Waals surface area contributed by atoms with Crippen LogP contribution in [0.15, 0.2) is 18.2 Å². The smallest absolute Gasteiger partial charge is 0.263 e. The van der Waals surface area contributed by atoms with Gasteiger partial charge < -0.3 is 5.32 Å². The fraction of sp³-hybridized carbons (Fsp3) is 0. The first-order valence-corrected chi connectivity index (χ1v) is 5.28. The summed E-state index contributed by atoms with van der Waals surface area (Å²) < 4.78 is 78.2. The van der Waals surface area contributed by atoms with Gasteiger partial charge in [-0.2, -0.15) is 4.39 Å². The van der Waals surface area contributed by atoms with E-state index < -0.39 is 52.3 Å². The highest BCUT2D eigenvalue weighted by Crippen LogP contribution is 2.23. The number of rotatable bonds is 2. The van der Waals surface area contributed by atoms with Crippen molar-refractivity contribution in [3.63, 3.8) is 0 Å². The topological polar surface area (TPSA) is 42.0 Å². The van der Waals surface area contributed by atoms with Crippen molar-refractivity contribution >= 4 is 11.7 Å². The number of halogens is 6. The Morgan fingerprint density at radius 2 is 1.38 bits per heavy atom. The molecular weight excluding hydrogens is 302 g/mol. The van der Waals surface area contributed by atoms with Gasteiger partial charge in [0.25, 0.3) is 5.91 Å². The minimum absolute atomic E-state index is 0.455. The van der Waals surface area contributed by atoms with Crippen molar-refractivity contribution in [3.05, 3.63) is 58.8 Å². The molecule has 0 radical (unpaired) electrons. The van der Waals surface area contributed by atoms with E-state index in [-0.39, 0.29) is 0 Å². The summed E-state index contributed by atoms with van der Waals surface area (Å²) in [6.07, 6.45) is 0. The third-order valence-corrected chi connectivity index (χ3v) is 2.39. The van der Waals surface area contributed by atoms with E-state index in [9.17, 15) is 31.1 Å². The van der Waals surface area contributed by atoms with Gasteiger partial charge >= 0.3 is 0 Å². The van der Waals surface area contributed by atoms with Gasteiger partial charge in [0.1, 0.15) is 11.4 Å². The van der Waals surface area contributed by atoms with Crippen LogP contribution < -0.4 is 5.32 Å². The Morgan fingerprint density at radius 3 is 1.90 bits per heavy atom. The van der Waals surface area contributed by atoms with Gasteiger partial charge in [-0.15, -0.1) is 0 Å². The lowest BCUT2D eigenvalue weighted by Gasteiger charge is -2.08. The van der Waals surface area contributed by atoms with Crippen LogP contribution in [0.5, 0.6) is 0 Å². The molecule has 0 saturated heterocycles. The number of hydrogen-bond acceptors (Lipinski definition) is 2. The molecule has 0 atom stereocenters. The Hall–Kier alpha value is -2.58. The summed E-state index contributed by atoms with van der Waals surface area (Å²) in [7, 11) is 0. The van der Waals surface area contributed by atoms with Crippen molar-refractivity contribution < 1.29 is 31.1 Å². The maximum absolute atomic E-state index is 13.4. The highest BCUT2D eigenvalue weighted by molar-refractivity contribution is 6.04. The second-order valence-corrected chi connectivity index (χ2v) is 3.74. The van der Waals surface area contributed by atoms with Gasteiger partial charge in [0, 0.05) is 0 Å². The molecule has 1 N–H and O–H groups in total. The second-order valence-electron chi connectivity index (χ2n) is 3.74. The van der Waals surface area contributed by atoms with Crippen LogP contribution >= 0.6 is 0 Å². The maximum atomic E-state index is 13.4. The third-order valence-electron chi connectivity index (χ3n) is 2.39. The molecule has 3 nitrogen and oxygen atoms in total. The first kappa shape index (κ1) is 14.8. The van der Waals surface area contributed by atoms with Gasteiger partial charge in [-0.3, -0.25) is 4.79 Å². The monoisotopic (exact) mass is 306 g/mol. The van der Waals surface area contributed by atoms with E-state index in [2.05, 4.69) is 4.98 Å². The van der Waals surface area contributed by atoms with E-state index in [0.717, 1.165) is 18.2 Å². The van der Waals surface area contributed by atoms with Crippen LogP contribution in [0.2, 0.25) is 0 Å². The number of amides is 1. The quantitative estimate of drug-likeness (QED) is 0.401. The molecule has 2 aromatic rings. The van der Waals surface area contributed by atoms with Gasteiger partial charge in [0.2, 0.25) is 11.8 Å². The standard InChI is InChI=1S/C12H4F6N2O/c13-4-2-1-3-5(19-4)20-12(21)6-7(14)9(16)11(18)10(17)8(6)15/h1-3H,(H,19,20,21). The van der Waals surface area contributed by atoms with Crippen LogP contribution in [0.1, 0.15) is 10.4 Å². The van der Waals surface area contributed by atoms with Crippen molar-refractivity contribution in [1.29, 1.82) is 0 Å². The van der Waals surface area contributed by atoms with Crippen LogP contribution in [0, 0.1) is 35.0 Å². The highest BCUT2D eigenvalue weighted by atomic mass is 19.2. The van der Waals surface area contributed by atoms with Gasteiger partial charge in [-0.1, -0.05) is 6.07 Å². The number of pyridine rings is 1. The zero-order chi connectivity index (χ0) is 15.7. The molecule has 2 rings (SSSR count). The number of aromatic nitrogens is 1. The Balaban J connectivity index is 2.45. The molecule has 1 aromatic heterocycles. The fourth-order valence-electron chi connectivity index (χ4n) is 1.46. The summed E-state index contributed by atoms with van der Waals surface area (Å²) in [4.78, 5) is 14.7. The number of anilines is 1. The first-order chi connectivity index (χ1) is 9.82. The largest absolute Gasteiger partial charge is 0.306 e. The van der Waals surface area contributed by atoms with Crippen LogP contribution in [-0.2, 0) is 0 Å². The molecule has 1 aromatic carbocycles. The summed E-state index contributed by atoms with van der Waals surface area (Å²) in [5.41, 5.74) is -1.68. The normalized spacial score (nSPS) is 10.6. The van der Waals surface area contributed by atoms with E-state index in [0.29, 0.717) is 0 Å². The Bertz CT molecular complexity index is 705. The number of carbonyl (C=O) groups excluding carboxylic acids is 1. The molecule has 0 fully saturated rings. The number of nitrogens with zero attached hydrogens (tertiary/aromatic N) is 1. The molecule has 110 valence electrons. The summed E-state index contributed by atoms with van der Waals surface area (Å²) >= 11 is 0. The Kier molecular flexibility index (Phi) is 3.83. The molecule has 0 aliphatic carbocycles. The molecule has 0 aliphatic heterocycles. The van der Waals surface area contributed by atoms with Crippen molar-refractivity contribution in [3.8, 4) is 0 Å². The van der Waals surface area contributed by atoms with Gasteiger partial charge in [-0.25, -0.2) is 26.9 Å². The molecule has 9 heteroatoms. The predicted molar refractivity (Wildman–Crippen MR) is 58.4 cm³/mol. The molecule has 0 bridgehead atoms. The number of benzene rings is 1. The van der Waals surface area contributed by atoms with Crippen LogP contribution in [0.4, 0.5) is 32.2 Å². The Labute approximate surface area is 113 Å². The molecule has 1 amide bonds. The minimum Gasteiger partial charge on any atom is -0.306 e. The average molecular weight is 306 g/mol. The number of carbonyl (C=O) groups is 1. The molecular formula is C12H4F6N2O. The average Bonchev–Trinajstić information content (AvgIpc) is 2.43. The van der Waals surface area contributed by atoms with Crippen molar-refractivity contribution in [2.75, 3.05) is 5.32 Å². The lowest BCUT2D eigenvalue weighted by molar-refractivity contribution is 0.101.